The van der Waals surface area contributed by atoms with Crippen molar-refractivity contribution < 1.29 is 19.1 Å². The lowest BCUT2D eigenvalue weighted by molar-refractivity contribution is -0.154. The zero-order valence-electron chi connectivity index (χ0n) is 12.1. The first-order valence-electron chi connectivity index (χ1n) is 6.74. The lowest BCUT2D eigenvalue weighted by Crippen LogP contribution is -2.59. The van der Waals surface area contributed by atoms with E-state index >= 15 is 0 Å². The van der Waals surface area contributed by atoms with E-state index in [0.29, 0.717) is 18.7 Å². The molecule has 21 heavy (non-hydrogen) atoms. The molecule has 1 aromatic rings. The summed E-state index contributed by atoms with van der Waals surface area (Å²) in [4.78, 5) is 38.9. The first-order chi connectivity index (χ1) is 10.0. The standard InChI is InChI=1S/C15H18N2O4/c1-11(18)17-9-8-16(10-13(17)15(20)21-2)14(19)12-6-4-3-5-7-12/h3-7,13H,8-10H2,1-2H3/t13-/m1/s1. The molecule has 1 heterocycles. The van der Waals surface area contributed by atoms with Crippen LogP contribution in [0.25, 0.3) is 0 Å². The Hall–Kier alpha value is -2.37. The van der Waals surface area contributed by atoms with E-state index < -0.39 is 12.0 Å². The van der Waals surface area contributed by atoms with Crippen LogP contribution < -0.4 is 0 Å². The molecule has 0 unspecified atom stereocenters. The van der Waals surface area contributed by atoms with E-state index in [2.05, 4.69) is 0 Å². The van der Waals surface area contributed by atoms with Crippen LogP contribution in [0.3, 0.4) is 0 Å². The Labute approximate surface area is 123 Å². The molecular weight excluding hydrogens is 272 g/mol. The first-order valence-corrected chi connectivity index (χ1v) is 6.74. The number of esters is 1. The van der Waals surface area contributed by atoms with Gasteiger partial charge in [-0.15, -0.1) is 0 Å². The molecule has 112 valence electrons. The number of carbonyl (C=O) groups excluding carboxylic acids is 3. The van der Waals surface area contributed by atoms with E-state index in [0.717, 1.165) is 0 Å². The summed E-state index contributed by atoms with van der Waals surface area (Å²) >= 11 is 0. The fourth-order valence-electron chi connectivity index (χ4n) is 2.45. The Balaban J connectivity index is 2.16. The summed E-state index contributed by atoms with van der Waals surface area (Å²) in [5.41, 5.74) is 0.567. The van der Waals surface area contributed by atoms with E-state index in [1.165, 1.54) is 18.9 Å². The minimum Gasteiger partial charge on any atom is -0.467 e. The van der Waals surface area contributed by atoms with E-state index in [-0.39, 0.29) is 18.4 Å². The summed E-state index contributed by atoms with van der Waals surface area (Å²) in [6.07, 6.45) is 0. The minimum absolute atomic E-state index is 0.146. The number of benzene rings is 1. The zero-order chi connectivity index (χ0) is 15.4. The second-order valence-corrected chi connectivity index (χ2v) is 4.87. The molecule has 6 nitrogen and oxygen atoms in total. The molecule has 0 aromatic heterocycles. The average molecular weight is 290 g/mol. The fourth-order valence-corrected chi connectivity index (χ4v) is 2.45. The van der Waals surface area contributed by atoms with E-state index in [4.69, 9.17) is 4.74 Å². The van der Waals surface area contributed by atoms with Crippen molar-refractivity contribution in [1.82, 2.24) is 9.80 Å². The van der Waals surface area contributed by atoms with Crippen LogP contribution in [0.5, 0.6) is 0 Å². The van der Waals surface area contributed by atoms with E-state index in [1.54, 1.807) is 29.2 Å². The predicted molar refractivity (Wildman–Crippen MR) is 75.5 cm³/mol. The molecule has 1 saturated heterocycles. The van der Waals surface area contributed by atoms with Crippen LogP contribution in [0.2, 0.25) is 0 Å². The molecule has 0 saturated carbocycles. The molecule has 1 aliphatic heterocycles. The van der Waals surface area contributed by atoms with Crippen LogP contribution >= 0.6 is 0 Å². The van der Waals surface area contributed by atoms with Crippen LogP contribution in [0.1, 0.15) is 17.3 Å². The number of hydrogen-bond donors (Lipinski definition) is 0. The van der Waals surface area contributed by atoms with Gasteiger partial charge in [-0.3, -0.25) is 9.59 Å². The highest BCUT2D eigenvalue weighted by atomic mass is 16.5. The van der Waals surface area contributed by atoms with Gasteiger partial charge in [0.15, 0.2) is 0 Å². The molecule has 2 amide bonds. The number of piperazine rings is 1. The van der Waals surface area contributed by atoms with Crippen molar-refractivity contribution in [1.29, 1.82) is 0 Å². The highest BCUT2D eigenvalue weighted by molar-refractivity contribution is 5.95. The minimum atomic E-state index is -0.742. The highest BCUT2D eigenvalue weighted by Gasteiger charge is 2.36. The van der Waals surface area contributed by atoms with Crippen molar-refractivity contribution in [3.8, 4) is 0 Å². The van der Waals surface area contributed by atoms with Gasteiger partial charge in [-0.2, -0.15) is 0 Å². The van der Waals surface area contributed by atoms with Gasteiger partial charge in [-0.1, -0.05) is 18.2 Å². The number of carbonyl (C=O) groups is 3. The molecule has 6 heteroatoms. The predicted octanol–water partition coefficient (Wildman–Crippen LogP) is 0.532. The highest BCUT2D eigenvalue weighted by Crippen LogP contribution is 2.14. The van der Waals surface area contributed by atoms with Gasteiger partial charge in [-0.05, 0) is 12.1 Å². The largest absolute Gasteiger partial charge is 0.467 e. The maximum absolute atomic E-state index is 12.4. The zero-order valence-corrected chi connectivity index (χ0v) is 12.1. The summed E-state index contributed by atoms with van der Waals surface area (Å²) in [5, 5.41) is 0. The van der Waals surface area contributed by atoms with Crippen molar-refractivity contribution >= 4 is 17.8 Å². The van der Waals surface area contributed by atoms with E-state index in [1.807, 2.05) is 6.07 Å². The Morgan fingerprint density at radius 2 is 1.81 bits per heavy atom. The van der Waals surface area contributed by atoms with Gasteiger partial charge < -0.3 is 14.5 Å². The van der Waals surface area contributed by atoms with Crippen molar-refractivity contribution in [3.05, 3.63) is 35.9 Å². The topological polar surface area (TPSA) is 66.9 Å². The number of methoxy groups -OCH3 is 1. The van der Waals surface area contributed by atoms with Crippen molar-refractivity contribution in [3.63, 3.8) is 0 Å². The normalized spacial score (nSPS) is 18.3. The maximum Gasteiger partial charge on any atom is 0.330 e. The van der Waals surface area contributed by atoms with Crippen LogP contribution in [0.4, 0.5) is 0 Å². The maximum atomic E-state index is 12.4. The van der Waals surface area contributed by atoms with Gasteiger partial charge >= 0.3 is 5.97 Å². The molecule has 0 N–H and O–H groups in total. The van der Waals surface area contributed by atoms with E-state index in [9.17, 15) is 14.4 Å². The van der Waals surface area contributed by atoms with Gasteiger partial charge in [0, 0.05) is 25.6 Å². The smallest absolute Gasteiger partial charge is 0.330 e. The molecule has 1 fully saturated rings. The molecule has 0 aliphatic carbocycles. The summed E-state index contributed by atoms with van der Waals surface area (Å²) in [6, 6.07) is 8.13. The van der Waals surface area contributed by atoms with Crippen LogP contribution in [-0.2, 0) is 14.3 Å². The van der Waals surface area contributed by atoms with Crippen LogP contribution in [-0.4, -0.2) is 60.4 Å². The Kier molecular flexibility index (Phi) is 4.57. The monoisotopic (exact) mass is 290 g/mol. The number of nitrogens with zero attached hydrogens (tertiary/aromatic N) is 2. The molecule has 2 rings (SSSR count). The lowest BCUT2D eigenvalue weighted by Gasteiger charge is -2.39. The second kappa shape index (κ2) is 6.39. The third-order valence-electron chi connectivity index (χ3n) is 3.57. The van der Waals surface area contributed by atoms with Crippen molar-refractivity contribution in [2.24, 2.45) is 0 Å². The van der Waals surface area contributed by atoms with Crippen molar-refractivity contribution in [2.75, 3.05) is 26.7 Å². The third kappa shape index (κ3) is 3.21. The number of hydrogen-bond acceptors (Lipinski definition) is 4. The number of amides is 2. The molecule has 0 spiro atoms. The van der Waals surface area contributed by atoms with Gasteiger partial charge in [0.05, 0.1) is 13.7 Å². The summed E-state index contributed by atoms with van der Waals surface area (Å²) in [5.74, 6) is -0.847. The molecule has 1 aliphatic rings. The van der Waals surface area contributed by atoms with Crippen LogP contribution in [0.15, 0.2) is 30.3 Å². The van der Waals surface area contributed by atoms with Gasteiger partial charge in [0.2, 0.25) is 5.91 Å². The fraction of sp³-hybridized carbons (Fsp3) is 0.400. The summed E-state index contributed by atoms with van der Waals surface area (Å²) in [7, 11) is 1.28. The molecule has 1 aromatic carbocycles. The molecule has 1 atom stereocenters. The average Bonchev–Trinajstić information content (AvgIpc) is 2.53. The Morgan fingerprint density at radius 1 is 1.14 bits per heavy atom. The SMILES string of the molecule is COC(=O)[C@H]1CN(C(=O)c2ccccc2)CCN1C(C)=O. The first kappa shape index (κ1) is 15.0. The summed E-state index contributed by atoms with van der Waals surface area (Å²) < 4.78 is 4.73. The summed E-state index contributed by atoms with van der Waals surface area (Å²) in [6.45, 7) is 2.29. The second-order valence-electron chi connectivity index (χ2n) is 4.87. The molecule has 0 bridgehead atoms. The van der Waals surface area contributed by atoms with Gasteiger partial charge in [0.25, 0.3) is 5.91 Å². The van der Waals surface area contributed by atoms with Crippen molar-refractivity contribution in [2.45, 2.75) is 13.0 Å². The Morgan fingerprint density at radius 3 is 2.38 bits per heavy atom. The number of rotatable bonds is 2. The molecular formula is C15H18N2O4. The quantitative estimate of drug-likeness (QED) is 0.745. The molecule has 0 radical (unpaired) electrons. The lowest BCUT2D eigenvalue weighted by atomic mass is 10.1. The van der Waals surface area contributed by atoms with Gasteiger partial charge in [-0.25, -0.2) is 4.79 Å². The third-order valence-corrected chi connectivity index (χ3v) is 3.57. The van der Waals surface area contributed by atoms with Crippen LogP contribution in [0, 0.1) is 0 Å². The number of ether oxygens (including phenoxy) is 1. The Bertz CT molecular complexity index is 544. The van der Waals surface area contributed by atoms with Gasteiger partial charge in [0.1, 0.15) is 6.04 Å².